The van der Waals surface area contributed by atoms with Gasteiger partial charge in [-0.1, -0.05) is 30.3 Å². The van der Waals surface area contributed by atoms with Crippen LogP contribution < -0.4 is 15.4 Å². The van der Waals surface area contributed by atoms with Crippen LogP contribution >= 0.6 is 12.4 Å². The standard InChI is InChI=1S/C21H24N2O3.ClH/c24-19-14-22-11-10-21(19,17-6-2-1-3-7-17)23-20(25)16-8-9-18-15(13-16)5-4-12-26-18;/h1-3,6-9,13,19,22,24H,4-5,10-12,14H2,(H,23,25);1H/t19-,21-;/m1./s1. The minimum absolute atomic E-state index is 0. The van der Waals surface area contributed by atoms with Crippen LogP contribution in [0.3, 0.4) is 0 Å². The predicted octanol–water partition coefficient (Wildman–Crippen LogP) is 2.41. The fraction of sp³-hybridized carbons (Fsp3) is 0.381. The zero-order valence-corrected chi connectivity index (χ0v) is 15.9. The molecule has 1 fully saturated rings. The third-order valence-electron chi connectivity index (χ3n) is 5.40. The SMILES string of the molecule is Cl.O=C(N[C@@]1(c2ccccc2)CCNC[C@H]1O)c1ccc2c(c1)CCCO2. The van der Waals surface area contributed by atoms with Gasteiger partial charge in [-0.25, -0.2) is 0 Å². The molecule has 2 atom stereocenters. The van der Waals surface area contributed by atoms with Crippen molar-refractivity contribution < 1.29 is 14.6 Å². The van der Waals surface area contributed by atoms with Crippen molar-refractivity contribution in [2.45, 2.75) is 30.9 Å². The first-order chi connectivity index (χ1) is 12.7. The van der Waals surface area contributed by atoms with E-state index in [0.717, 1.165) is 42.9 Å². The number of hydrogen-bond acceptors (Lipinski definition) is 4. The van der Waals surface area contributed by atoms with Crippen LogP contribution in [0.1, 0.15) is 34.3 Å². The first-order valence-electron chi connectivity index (χ1n) is 9.21. The first kappa shape index (κ1) is 19.7. The maximum atomic E-state index is 13.0. The molecule has 1 amide bonds. The lowest BCUT2D eigenvalue weighted by Gasteiger charge is -2.43. The molecule has 2 heterocycles. The predicted molar refractivity (Wildman–Crippen MR) is 107 cm³/mol. The monoisotopic (exact) mass is 388 g/mol. The van der Waals surface area contributed by atoms with Gasteiger partial charge in [0, 0.05) is 12.1 Å². The largest absolute Gasteiger partial charge is 0.493 e. The van der Waals surface area contributed by atoms with Crippen LogP contribution in [0.2, 0.25) is 0 Å². The Balaban J connectivity index is 0.00000210. The topological polar surface area (TPSA) is 70.6 Å². The fourth-order valence-corrected chi connectivity index (χ4v) is 3.93. The number of aliphatic hydroxyl groups excluding tert-OH is 1. The van der Waals surface area contributed by atoms with Crippen molar-refractivity contribution in [3.63, 3.8) is 0 Å². The summed E-state index contributed by atoms with van der Waals surface area (Å²) in [6.07, 6.45) is 1.84. The minimum atomic E-state index is -0.782. The van der Waals surface area contributed by atoms with E-state index in [1.165, 1.54) is 0 Å². The molecule has 144 valence electrons. The molecule has 0 radical (unpaired) electrons. The number of β-amino-alcohol motifs (C(OH)–C–C–N with tert-alkyl or cyclic N) is 1. The van der Waals surface area contributed by atoms with Crippen molar-refractivity contribution in [1.82, 2.24) is 10.6 Å². The van der Waals surface area contributed by atoms with E-state index in [1.54, 1.807) is 6.07 Å². The normalized spacial score (nSPS) is 24.1. The number of fused-ring (bicyclic) bond motifs is 1. The third kappa shape index (κ3) is 3.81. The highest BCUT2D eigenvalue weighted by Gasteiger charge is 2.42. The zero-order chi connectivity index (χ0) is 18.0. The molecule has 0 bridgehead atoms. The first-order valence-corrected chi connectivity index (χ1v) is 9.21. The summed E-state index contributed by atoms with van der Waals surface area (Å²) in [6.45, 7) is 1.92. The van der Waals surface area contributed by atoms with Gasteiger partial charge in [-0.2, -0.15) is 0 Å². The Morgan fingerprint density at radius 3 is 2.81 bits per heavy atom. The van der Waals surface area contributed by atoms with Gasteiger partial charge in [0.25, 0.3) is 5.91 Å². The van der Waals surface area contributed by atoms with Crippen molar-refractivity contribution in [3.05, 3.63) is 65.2 Å². The van der Waals surface area contributed by atoms with E-state index in [-0.39, 0.29) is 18.3 Å². The van der Waals surface area contributed by atoms with Crippen LogP contribution in [0.5, 0.6) is 5.75 Å². The molecule has 0 unspecified atom stereocenters. The average molecular weight is 389 g/mol. The van der Waals surface area contributed by atoms with E-state index in [0.29, 0.717) is 18.5 Å². The van der Waals surface area contributed by atoms with Gasteiger partial charge in [0.1, 0.15) is 5.75 Å². The number of hydrogen-bond donors (Lipinski definition) is 3. The highest BCUT2D eigenvalue weighted by atomic mass is 35.5. The third-order valence-corrected chi connectivity index (χ3v) is 5.40. The molecule has 2 aliphatic heterocycles. The van der Waals surface area contributed by atoms with Gasteiger partial charge in [-0.05, 0) is 55.1 Å². The maximum Gasteiger partial charge on any atom is 0.252 e. The number of rotatable bonds is 3. The zero-order valence-electron chi connectivity index (χ0n) is 15.1. The number of halogens is 1. The van der Waals surface area contributed by atoms with Gasteiger partial charge < -0.3 is 20.5 Å². The quantitative estimate of drug-likeness (QED) is 0.755. The molecule has 4 rings (SSSR count). The second-order valence-corrected chi connectivity index (χ2v) is 7.04. The molecule has 5 nitrogen and oxygen atoms in total. The Morgan fingerprint density at radius 2 is 2.04 bits per heavy atom. The lowest BCUT2D eigenvalue weighted by Crippen LogP contribution is -2.61. The van der Waals surface area contributed by atoms with Crippen molar-refractivity contribution in [1.29, 1.82) is 0 Å². The molecule has 2 aromatic carbocycles. The summed E-state index contributed by atoms with van der Waals surface area (Å²) in [5, 5.41) is 17.1. The molecule has 6 heteroatoms. The second-order valence-electron chi connectivity index (χ2n) is 7.04. The molecule has 2 aliphatic rings. The molecule has 0 saturated carbocycles. The number of nitrogens with one attached hydrogen (secondary N) is 2. The van der Waals surface area contributed by atoms with Gasteiger partial charge in [0.2, 0.25) is 0 Å². The Labute approximate surface area is 165 Å². The highest BCUT2D eigenvalue weighted by Crippen LogP contribution is 2.32. The molecular weight excluding hydrogens is 364 g/mol. The van der Waals surface area contributed by atoms with E-state index in [9.17, 15) is 9.90 Å². The van der Waals surface area contributed by atoms with E-state index in [4.69, 9.17) is 4.74 Å². The van der Waals surface area contributed by atoms with E-state index in [1.807, 2.05) is 42.5 Å². The average Bonchev–Trinajstić information content (AvgIpc) is 2.70. The van der Waals surface area contributed by atoms with E-state index in [2.05, 4.69) is 10.6 Å². The highest BCUT2D eigenvalue weighted by molar-refractivity contribution is 5.95. The van der Waals surface area contributed by atoms with Crippen molar-refractivity contribution in [3.8, 4) is 5.75 Å². The minimum Gasteiger partial charge on any atom is -0.493 e. The summed E-state index contributed by atoms with van der Waals surface area (Å²) >= 11 is 0. The molecule has 0 spiro atoms. The summed E-state index contributed by atoms with van der Waals surface area (Å²) in [5.41, 5.74) is 1.83. The number of benzene rings is 2. The summed E-state index contributed by atoms with van der Waals surface area (Å²) in [5.74, 6) is 0.704. The van der Waals surface area contributed by atoms with Gasteiger partial charge in [0.05, 0.1) is 18.2 Å². The van der Waals surface area contributed by atoms with Gasteiger partial charge >= 0.3 is 0 Å². The summed E-state index contributed by atoms with van der Waals surface area (Å²) in [4.78, 5) is 13.0. The molecule has 0 aliphatic carbocycles. The fourth-order valence-electron chi connectivity index (χ4n) is 3.93. The van der Waals surface area contributed by atoms with Crippen molar-refractivity contribution in [2.75, 3.05) is 19.7 Å². The Morgan fingerprint density at radius 1 is 1.22 bits per heavy atom. The lowest BCUT2D eigenvalue weighted by molar-refractivity contribution is 0.0289. The van der Waals surface area contributed by atoms with Crippen LogP contribution in [0.15, 0.2) is 48.5 Å². The lowest BCUT2D eigenvalue weighted by atomic mass is 9.79. The number of ether oxygens (including phenoxy) is 1. The van der Waals surface area contributed by atoms with Crippen molar-refractivity contribution in [2.24, 2.45) is 0 Å². The number of amides is 1. The number of carbonyl (C=O) groups excluding carboxylic acids is 1. The van der Waals surface area contributed by atoms with Gasteiger partial charge in [-0.15, -0.1) is 12.4 Å². The van der Waals surface area contributed by atoms with Gasteiger partial charge in [-0.3, -0.25) is 4.79 Å². The molecule has 1 saturated heterocycles. The Hall–Kier alpha value is -2.08. The molecule has 27 heavy (non-hydrogen) atoms. The summed E-state index contributed by atoms with van der Waals surface area (Å²) < 4.78 is 5.63. The molecule has 3 N–H and O–H groups in total. The van der Waals surface area contributed by atoms with Crippen LogP contribution in [0, 0.1) is 0 Å². The van der Waals surface area contributed by atoms with Crippen LogP contribution in [-0.4, -0.2) is 36.8 Å². The smallest absolute Gasteiger partial charge is 0.252 e. The van der Waals surface area contributed by atoms with Crippen LogP contribution in [-0.2, 0) is 12.0 Å². The number of carbonyl (C=O) groups is 1. The number of piperidine rings is 1. The second kappa shape index (κ2) is 8.30. The summed E-state index contributed by atoms with van der Waals surface area (Å²) in [7, 11) is 0. The van der Waals surface area contributed by atoms with Crippen LogP contribution in [0.4, 0.5) is 0 Å². The van der Waals surface area contributed by atoms with Crippen LogP contribution in [0.25, 0.3) is 0 Å². The number of aliphatic hydroxyl groups is 1. The number of aryl methyl sites for hydroxylation is 1. The van der Waals surface area contributed by atoms with Gasteiger partial charge in [0.15, 0.2) is 0 Å². The van der Waals surface area contributed by atoms with E-state index < -0.39 is 11.6 Å². The summed E-state index contributed by atoms with van der Waals surface area (Å²) in [6, 6.07) is 15.3. The van der Waals surface area contributed by atoms with E-state index >= 15 is 0 Å². The molecular formula is C21H25ClN2O3. The molecule has 0 aromatic heterocycles. The van der Waals surface area contributed by atoms with Crippen molar-refractivity contribution >= 4 is 18.3 Å². The Bertz CT molecular complexity index is 799. The maximum absolute atomic E-state index is 13.0. The molecule has 2 aromatic rings. The Kier molecular flexibility index (Phi) is 6.05.